The van der Waals surface area contributed by atoms with Gasteiger partial charge in [0.1, 0.15) is 0 Å². The third kappa shape index (κ3) is 4.21. The number of amides is 2. The molecule has 2 heterocycles. The summed E-state index contributed by atoms with van der Waals surface area (Å²) in [5.41, 5.74) is 3.34. The number of nitrogens with zero attached hydrogens (tertiary/aromatic N) is 3. The van der Waals surface area contributed by atoms with Gasteiger partial charge in [-0.05, 0) is 36.0 Å². The third-order valence-electron chi connectivity index (χ3n) is 3.47. The number of hydrazone groups is 1. The molecular formula is C18H14N4O4S. The number of anilines is 1. The molecule has 1 N–H and O–H groups in total. The fraction of sp³-hybridized carbons (Fsp3) is 0.0556. The molecule has 0 unspecified atom stereocenters. The van der Waals surface area contributed by atoms with Gasteiger partial charge in [0, 0.05) is 24.0 Å². The predicted octanol–water partition coefficient (Wildman–Crippen LogP) is 1.92. The van der Waals surface area contributed by atoms with E-state index in [4.69, 9.17) is 0 Å². The quantitative estimate of drug-likeness (QED) is 0.493. The molecule has 1 saturated heterocycles. The number of hydrogen-bond donors (Lipinski definition) is 1. The first kappa shape index (κ1) is 18.3. The lowest BCUT2D eigenvalue weighted by molar-refractivity contribution is -0.135. The number of carbonyl (C=O) groups excluding carboxylic acids is 3. The van der Waals surface area contributed by atoms with E-state index in [2.05, 4.69) is 20.2 Å². The van der Waals surface area contributed by atoms with Crippen LogP contribution in [0.2, 0.25) is 0 Å². The molecule has 0 spiro atoms. The number of thioether (sulfide) groups is 1. The first-order chi connectivity index (χ1) is 13.1. The highest BCUT2D eigenvalue weighted by molar-refractivity contribution is 8.19. The maximum atomic E-state index is 12.7. The van der Waals surface area contributed by atoms with E-state index in [1.165, 1.54) is 24.4 Å². The van der Waals surface area contributed by atoms with Crippen LogP contribution in [-0.4, -0.2) is 35.0 Å². The van der Waals surface area contributed by atoms with E-state index in [1.54, 1.807) is 36.4 Å². The minimum Gasteiger partial charge on any atom is -0.466 e. The number of hydrogen-bond acceptors (Lipinski definition) is 7. The summed E-state index contributed by atoms with van der Waals surface area (Å²) in [5.74, 6) is -1.54. The minimum absolute atomic E-state index is 0.141. The van der Waals surface area contributed by atoms with Crippen molar-refractivity contribution in [1.82, 2.24) is 10.4 Å². The zero-order valence-corrected chi connectivity index (χ0v) is 15.0. The van der Waals surface area contributed by atoms with Crippen molar-refractivity contribution >= 4 is 40.4 Å². The Bertz CT molecular complexity index is 929. The Kier molecular flexibility index (Phi) is 5.62. The molecule has 0 atom stereocenters. The number of para-hydroxylation sites is 1. The molecule has 8 nitrogen and oxygen atoms in total. The van der Waals surface area contributed by atoms with Crippen molar-refractivity contribution in [3.63, 3.8) is 0 Å². The molecule has 1 aromatic heterocycles. The molecule has 1 fully saturated rings. The average Bonchev–Trinajstić information content (AvgIpc) is 3.02. The van der Waals surface area contributed by atoms with E-state index < -0.39 is 17.8 Å². The van der Waals surface area contributed by atoms with Crippen LogP contribution in [-0.2, 0) is 14.3 Å². The van der Waals surface area contributed by atoms with Crippen molar-refractivity contribution < 1.29 is 19.1 Å². The van der Waals surface area contributed by atoms with Gasteiger partial charge in [-0.1, -0.05) is 18.2 Å². The van der Waals surface area contributed by atoms with Crippen molar-refractivity contribution in [1.29, 1.82) is 0 Å². The second-order valence-electron chi connectivity index (χ2n) is 5.18. The van der Waals surface area contributed by atoms with Gasteiger partial charge in [-0.2, -0.15) is 0 Å². The Balaban J connectivity index is 1.90. The van der Waals surface area contributed by atoms with Crippen LogP contribution in [0, 0.1) is 0 Å². The molecule has 1 aliphatic heterocycles. The van der Waals surface area contributed by atoms with Gasteiger partial charge in [0.05, 0.1) is 17.7 Å². The Morgan fingerprint density at radius 3 is 2.56 bits per heavy atom. The van der Waals surface area contributed by atoms with Crippen LogP contribution in [0.25, 0.3) is 0 Å². The smallest absolute Gasteiger partial charge is 0.331 e. The summed E-state index contributed by atoms with van der Waals surface area (Å²) in [4.78, 5) is 41.7. The summed E-state index contributed by atoms with van der Waals surface area (Å²) < 4.78 is 4.58. The van der Waals surface area contributed by atoms with E-state index in [1.807, 2.05) is 6.07 Å². The van der Waals surface area contributed by atoms with Crippen molar-refractivity contribution in [2.45, 2.75) is 0 Å². The number of methoxy groups -OCH3 is 1. The van der Waals surface area contributed by atoms with Gasteiger partial charge in [-0.15, -0.1) is 5.10 Å². The first-order valence-corrected chi connectivity index (χ1v) is 8.57. The largest absolute Gasteiger partial charge is 0.466 e. The average molecular weight is 382 g/mol. The van der Waals surface area contributed by atoms with Crippen LogP contribution in [0.4, 0.5) is 5.69 Å². The van der Waals surface area contributed by atoms with Gasteiger partial charge in [0.2, 0.25) is 0 Å². The van der Waals surface area contributed by atoms with Gasteiger partial charge >= 0.3 is 5.97 Å². The van der Waals surface area contributed by atoms with Gasteiger partial charge in [0.15, 0.2) is 5.17 Å². The van der Waals surface area contributed by atoms with Crippen molar-refractivity contribution in [3.05, 3.63) is 71.4 Å². The second kappa shape index (κ2) is 8.28. The molecule has 0 bridgehead atoms. The molecule has 27 heavy (non-hydrogen) atoms. The zero-order valence-electron chi connectivity index (χ0n) is 14.2. The first-order valence-electron chi connectivity index (χ1n) is 7.75. The lowest BCUT2D eigenvalue weighted by Crippen LogP contribution is -2.31. The molecule has 0 saturated carbocycles. The van der Waals surface area contributed by atoms with Crippen molar-refractivity contribution in [3.8, 4) is 0 Å². The molecule has 2 aromatic rings. The lowest BCUT2D eigenvalue weighted by atomic mass is 10.3. The molecule has 1 aliphatic rings. The molecule has 2 amide bonds. The lowest BCUT2D eigenvalue weighted by Gasteiger charge is -2.15. The number of aromatic nitrogens is 1. The van der Waals surface area contributed by atoms with Crippen LogP contribution in [0.3, 0.4) is 0 Å². The summed E-state index contributed by atoms with van der Waals surface area (Å²) in [6.45, 7) is 0. The summed E-state index contributed by atoms with van der Waals surface area (Å²) >= 11 is 0.962. The number of nitrogens with one attached hydrogen (secondary N) is 1. The highest BCUT2D eigenvalue weighted by atomic mass is 32.2. The Morgan fingerprint density at radius 2 is 1.89 bits per heavy atom. The molecule has 3 rings (SSSR count). The zero-order chi connectivity index (χ0) is 19.2. The maximum absolute atomic E-state index is 12.7. The summed E-state index contributed by atoms with van der Waals surface area (Å²) in [6, 6.07) is 11.9. The number of carbonyl (C=O) groups is 3. The fourth-order valence-electron chi connectivity index (χ4n) is 2.19. The number of rotatable bonds is 4. The Morgan fingerprint density at radius 1 is 1.19 bits per heavy atom. The number of benzene rings is 1. The van der Waals surface area contributed by atoms with Crippen LogP contribution in [0.1, 0.15) is 10.4 Å². The summed E-state index contributed by atoms with van der Waals surface area (Å²) in [6.07, 6.45) is 4.07. The highest BCUT2D eigenvalue weighted by Crippen LogP contribution is 2.34. The number of ether oxygens (including phenoxy) is 1. The maximum Gasteiger partial charge on any atom is 0.331 e. The predicted molar refractivity (Wildman–Crippen MR) is 101 cm³/mol. The molecule has 1 aromatic carbocycles. The van der Waals surface area contributed by atoms with Crippen LogP contribution < -0.4 is 10.3 Å². The Labute approximate surface area is 158 Å². The van der Waals surface area contributed by atoms with Gasteiger partial charge < -0.3 is 4.74 Å². The molecule has 9 heteroatoms. The normalized spacial score (nSPS) is 16.6. The van der Waals surface area contributed by atoms with Gasteiger partial charge in [0.25, 0.3) is 11.8 Å². The van der Waals surface area contributed by atoms with Gasteiger partial charge in [-0.25, -0.2) is 10.2 Å². The molecular weight excluding hydrogens is 368 g/mol. The van der Waals surface area contributed by atoms with Crippen molar-refractivity contribution in [2.24, 2.45) is 5.10 Å². The number of esters is 1. The molecule has 0 aliphatic carbocycles. The monoisotopic (exact) mass is 382 g/mol. The molecule has 136 valence electrons. The third-order valence-corrected chi connectivity index (χ3v) is 4.44. The number of pyridine rings is 1. The van der Waals surface area contributed by atoms with Crippen LogP contribution in [0.5, 0.6) is 0 Å². The van der Waals surface area contributed by atoms with E-state index in [9.17, 15) is 14.4 Å². The second-order valence-corrected chi connectivity index (χ2v) is 6.19. The SMILES string of the molecule is COC(=O)/C=C1\S/C(=N\NC(=O)c2ccncc2)N(c2ccccc2)C1=O. The number of amidine groups is 1. The molecule has 0 radical (unpaired) electrons. The topological polar surface area (TPSA) is 101 Å². The van der Waals surface area contributed by atoms with Crippen molar-refractivity contribution in [2.75, 3.05) is 12.0 Å². The van der Waals surface area contributed by atoms with E-state index in [0.29, 0.717) is 11.3 Å². The standard InChI is InChI=1S/C18H14N4O4S/c1-26-15(23)11-14-17(25)22(13-5-3-2-4-6-13)18(27-14)21-20-16(24)12-7-9-19-10-8-12/h2-11H,1H3,(H,20,24)/b14-11-,21-18-. The summed E-state index contributed by atoms with van der Waals surface area (Å²) in [7, 11) is 1.22. The van der Waals surface area contributed by atoms with Crippen LogP contribution in [0.15, 0.2) is 70.9 Å². The van der Waals surface area contributed by atoms with Gasteiger partial charge in [-0.3, -0.25) is 19.5 Å². The van der Waals surface area contributed by atoms with E-state index >= 15 is 0 Å². The van der Waals surface area contributed by atoms with E-state index in [0.717, 1.165) is 17.8 Å². The van der Waals surface area contributed by atoms with E-state index in [-0.39, 0.29) is 10.1 Å². The van der Waals surface area contributed by atoms with Crippen LogP contribution >= 0.6 is 11.8 Å². The highest BCUT2D eigenvalue weighted by Gasteiger charge is 2.35. The fourth-order valence-corrected chi connectivity index (χ4v) is 3.09. The Hall–Kier alpha value is -3.46. The minimum atomic E-state index is -0.652. The summed E-state index contributed by atoms with van der Waals surface area (Å²) in [5, 5.41) is 4.27.